The first-order valence-corrected chi connectivity index (χ1v) is 46.7. The summed E-state index contributed by atoms with van der Waals surface area (Å²) in [4.78, 5) is 123. The normalized spacial score (nSPS) is 13.8. The number of fused-ring (bicyclic) bond motifs is 5. The SMILES string of the molecule is C.CCOC(=O)/C=C/c1ccc2c(n1)NCCC2.CCOC(=O)CC(C/C=C/C(=O)CCc1ccc2c(n1)NCCC2)c1cnc(C)nc1.CCOC(=O)CC(CCCC(=O)CCc1ccc2c(n1)NCCC2)c1cnc(C)nc1.CCOC(=O)CCc1ccc2c(n1)NCCC2.COP(=O)(CC(=O)CCc1ccc2c(n1)NCCC2)OC.COP(C)(=O)OC.[HH]. The Balaban J connectivity index is 0.000000278. The molecule has 2 unspecified atom stereocenters. The van der Waals surface area contributed by atoms with E-state index in [1.165, 1.54) is 69.0 Å². The number of aromatic nitrogens is 9. The van der Waals surface area contributed by atoms with Crippen LogP contribution in [0.2, 0.25) is 0 Å². The average molecular weight is 1770 g/mol. The van der Waals surface area contributed by atoms with Gasteiger partial charge in [-0.15, -0.1) is 0 Å². The van der Waals surface area contributed by atoms with Crippen molar-refractivity contribution in [3.63, 3.8) is 0 Å². The predicted octanol–water partition coefficient (Wildman–Crippen LogP) is 16.0. The van der Waals surface area contributed by atoms with Crippen LogP contribution in [-0.2, 0) is 138 Å². The molecule has 5 N–H and O–H groups in total. The van der Waals surface area contributed by atoms with Crippen LogP contribution in [0.4, 0.5) is 29.1 Å². The summed E-state index contributed by atoms with van der Waals surface area (Å²) < 4.78 is 60.7. The second kappa shape index (κ2) is 56.5. The van der Waals surface area contributed by atoms with E-state index in [-0.39, 0.29) is 87.3 Å². The maximum absolute atomic E-state index is 12.4. The zero-order valence-corrected chi connectivity index (χ0v) is 75.7. The molecule has 0 fully saturated rings. The molecule has 5 aliphatic heterocycles. The number of allylic oxidation sites excluding steroid dienone is 2. The third-order valence-corrected chi connectivity index (χ3v) is 23.7. The molecule has 7 aromatic heterocycles. The number of carbonyl (C=O) groups excluding carboxylic acids is 7. The van der Waals surface area contributed by atoms with Crippen LogP contribution in [0, 0.1) is 13.8 Å². The molecule has 0 saturated heterocycles. The molecule has 7 aromatic rings. The van der Waals surface area contributed by atoms with E-state index in [0.717, 1.165) is 178 Å². The summed E-state index contributed by atoms with van der Waals surface area (Å²) in [5.41, 5.74) is 12.5. The van der Waals surface area contributed by atoms with Crippen molar-refractivity contribution >= 4 is 91.6 Å². The molecule has 0 spiro atoms. The van der Waals surface area contributed by atoms with E-state index in [1.54, 1.807) is 57.7 Å². The summed E-state index contributed by atoms with van der Waals surface area (Å²) in [5.74, 6) is 5.11. The van der Waals surface area contributed by atoms with Crippen molar-refractivity contribution < 1.29 is 81.2 Å². The van der Waals surface area contributed by atoms with E-state index in [0.29, 0.717) is 95.9 Å². The van der Waals surface area contributed by atoms with E-state index in [1.807, 2.05) is 57.2 Å². The van der Waals surface area contributed by atoms with Crippen molar-refractivity contribution in [2.45, 2.75) is 215 Å². The highest BCUT2D eigenvalue weighted by Crippen LogP contribution is 2.46. The van der Waals surface area contributed by atoms with Gasteiger partial charge in [-0.1, -0.05) is 43.8 Å². The molecule has 0 aromatic carbocycles. The van der Waals surface area contributed by atoms with Gasteiger partial charge >= 0.3 is 39.1 Å². The highest BCUT2D eigenvalue weighted by molar-refractivity contribution is 7.54. The van der Waals surface area contributed by atoms with Crippen LogP contribution in [0.5, 0.6) is 0 Å². The van der Waals surface area contributed by atoms with Gasteiger partial charge in [0.05, 0.1) is 51.4 Å². The molecule has 5 aliphatic rings. The number of hydrogen-bond donors (Lipinski definition) is 5. The molecule has 12 rings (SSSR count). The maximum Gasteiger partial charge on any atom is 0.337 e. The van der Waals surface area contributed by atoms with Gasteiger partial charge in [0.1, 0.15) is 58.5 Å². The van der Waals surface area contributed by atoms with Crippen LogP contribution < -0.4 is 26.6 Å². The smallest absolute Gasteiger partial charge is 0.337 e. The molecule has 682 valence electrons. The lowest BCUT2D eigenvalue weighted by Gasteiger charge is -2.17. The van der Waals surface area contributed by atoms with Gasteiger partial charge in [0.15, 0.2) is 5.78 Å². The van der Waals surface area contributed by atoms with E-state index >= 15 is 0 Å². The number of ether oxygens (including phenoxy) is 4. The van der Waals surface area contributed by atoms with Gasteiger partial charge in [0.2, 0.25) is 0 Å². The largest absolute Gasteiger partial charge is 0.466 e. The van der Waals surface area contributed by atoms with Crippen LogP contribution in [0.15, 0.2) is 104 Å². The summed E-state index contributed by atoms with van der Waals surface area (Å²) in [6.45, 7) is 18.6. The van der Waals surface area contributed by atoms with Crippen molar-refractivity contribution in [2.24, 2.45) is 0 Å². The Morgan fingerprint density at radius 2 is 0.808 bits per heavy atom. The lowest BCUT2D eigenvalue weighted by Crippen LogP contribution is -2.14. The number of hydrogen-bond acceptors (Lipinski definition) is 31. The van der Waals surface area contributed by atoms with Crippen LogP contribution in [0.25, 0.3) is 6.08 Å². The minimum Gasteiger partial charge on any atom is -0.466 e. The van der Waals surface area contributed by atoms with Gasteiger partial charge in [0, 0.05) is 161 Å². The summed E-state index contributed by atoms with van der Waals surface area (Å²) in [7, 11) is -0.639. The van der Waals surface area contributed by atoms with Crippen molar-refractivity contribution in [1.29, 1.82) is 0 Å². The quantitative estimate of drug-likeness (QED) is 0.0104. The highest BCUT2D eigenvalue weighted by atomic mass is 31.2. The Kier molecular flexibility index (Phi) is 46.7. The standard InChI is InChI=1S/C24H32N4O3.C24H30N4O3.C14H21N2O4P.C13H18N2O2.C13H16N2O2.C3H9O3P.CH4.H2/c2*1-3-31-23(30)14-19(20-15-26-17(2)27-16-20)6-4-8-22(29)12-11-21-10-9-18-7-5-13-25-24(18)28-21;1-19-21(18,20-2)10-13(17)8-7-12-6-5-11-4-3-9-15-14(11)16-12;2*1-2-17-12(16)8-7-11-6-5-10-4-3-9-14-13(10)15-11;1-5-7(3,4)6-2;;/h9-10,15-16,19H,3-8,11-14H2,1-2H3,(H,25,28);4,8-10,15-16,19H,3,5-7,11-14H2,1-2H3,(H,25,28);5-6H,3-4,7-10H2,1-2H3,(H,15,16);5-6H,2-4,7-9H2,1H3,(H,14,15);5-8H,2-4,9H2,1H3,(H,14,15);1-3H3;1H4;1H/b;8-4+;;;8-7+;;;. The van der Waals surface area contributed by atoms with Crippen LogP contribution in [-0.4, -0.2) is 186 Å². The number of pyridine rings is 5. The van der Waals surface area contributed by atoms with Gasteiger partial charge in [-0.2, -0.15) is 0 Å². The van der Waals surface area contributed by atoms with Crippen molar-refractivity contribution in [3.8, 4) is 0 Å². The van der Waals surface area contributed by atoms with Gasteiger partial charge in [-0.05, 0) is 232 Å². The lowest BCUT2D eigenvalue weighted by molar-refractivity contribution is -0.144. The number of nitrogens with one attached hydrogen (secondary N) is 5. The second-order valence-electron chi connectivity index (χ2n) is 29.9. The second-order valence-corrected chi connectivity index (χ2v) is 34.5. The summed E-state index contributed by atoms with van der Waals surface area (Å²) in [5, 5.41) is 16.5. The first kappa shape index (κ1) is 103. The topological polar surface area (TPSA) is 404 Å². The van der Waals surface area contributed by atoms with Crippen molar-refractivity contribution in [1.82, 2.24) is 44.9 Å². The zero-order valence-electron chi connectivity index (χ0n) is 73.9. The number of rotatable bonds is 37. The van der Waals surface area contributed by atoms with Crippen LogP contribution >= 0.6 is 15.2 Å². The monoisotopic (exact) mass is 1770 g/mol. The Bertz CT molecular complexity index is 4720. The van der Waals surface area contributed by atoms with Gasteiger partial charge < -0.3 is 63.6 Å². The van der Waals surface area contributed by atoms with E-state index in [9.17, 15) is 42.7 Å². The first-order chi connectivity index (χ1) is 59.9. The number of esters is 4. The number of anilines is 5. The van der Waals surface area contributed by atoms with E-state index in [4.69, 9.17) is 28.0 Å². The number of ketones is 3. The summed E-state index contributed by atoms with van der Waals surface area (Å²) in [6, 6.07) is 20.4. The fourth-order valence-corrected chi connectivity index (χ4v) is 14.7. The molecule has 31 nitrogen and oxygen atoms in total. The molecular formula is C92H132N14O17P2. The van der Waals surface area contributed by atoms with Gasteiger partial charge in [0.25, 0.3) is 0 Å². The Morgan fingerprint density at radius 3 is 1.21 bits per heavy atom. The van der Waals surface area contributed by atoms with Gasteiger partial charge in [-0.25, -0.2) is 49.7 Å². The molecule has 0 radical (unpaired) electrons. The fraction of sp³-hybridized carbons (Fsp3) is 0.522. The maximum atomic E-state index is 12.4. The Labute approximate surface area is 738 Å². The highest BCUT2D eigenvalue weighted by Gasteiger charge is 2.27. The molecule has 0 saturated carbocycles. The molecular weight excluding hydrogens is 1640 g/mol. The third kappa shape index (κ3) is 38.5. The van der Waals surface area contributed by atoms with Crippen molar-refractivity contribution in [2.75, 3.05) is 127 Å². The first-order valence-electron chi connectivity index (χ1n) is 43.0. The van der Waals surface area contributed by atoms with Gasteiger partial charge in [-0.3, -0.25) is 37.9 Å². The molecule has 125 heavy (non-hydrogen) atoms. The predicted molar refractivity (Wildman–Crippen MR) is 488 cm³/mol. The van der Waals surface area contributed by atoms with Crippen LogP contribution in [0.1, 0.15) is 224 Å². The molecule has 0 bridgehead atoms. The third-order valence-electron chi connectivity index (χ3n) is 20.5. The molecule has 0 amide bonds. The van der Waals surface area contributed by atoms with Crippen molar-refractivity contribution in [3.05, 3.63) is 183 Å². The summed E-state index contributed by atoms with van der Waals surface area (Å²) in [6.07, 6.45) is 31.3. The lowest BCUT2D eigenvalue weighted by atomic mass is 9.91. The molecule has 0 aliphatic carbocycles. The molecule has 33 heteroatoms. The Morgan fingerprint density at radius 1 is 0.440 bits per heavy atom. The number of aryl methyl sites for hydroxylation is 11. The van der Waals surface area contributed by atoms with E-state index in [2.05, 4.69) is 111 Å². The average Bonchev–Trinajstić information content (AvgIpc) is 0.857. The Hall–Kier alpha value is -10.4. The van der Waals surface area contributed by atoms with E-state index < -0.39 is 15.2 Å². The minimum absolute atomic E-state index is 0. The summed E-state index contributed by atoms with van der Waals surface area (Å²) >= 11 is 0. The number of nitrogens with zero attached hydrogens (tertiary/aromatic N) is 9. The van der Waals surface area contributed by atoms with Crippen LogP contribution in [0.3, 0.4) is 0 Å². The zero-order chi connectivity index (χ0) is 89.5. The minimum atomic E-state index is -3.26. The number of Topliss-reactive ketones (excluding diaryl/α,β-unsaturated/α-hetero) is 2. The molecule has 12 heterocycles. The number of carbonyl (C=O) groups is 7. The molecule has 2 atom stereocenters. The fourth-order valence-electron chi connectivity index (χ4n) is 13.5.